The van der Waals surface area contributed by atoms with Crippen molar-refractivity contribution in [2.45, 2.75) is 37.1 Å². The first kappa shape index (κ1) is 29.0. The summed E-state index contributed by atoms with van der Waals surface area (Å²) >= 11 is 0. The van der Waals surface area contributed by atoms with E-state index in [2.05, 4.69) is 4.52 Å². The van der Waals surface area contributed by atoms with E-state index in [1.807, 2.05) is 21.1 Å². The lowest BCUT2D eigenvalue weighted by Gasteiger charge is -2.25. The number of aliphatic hydroxyl groups excluding tert-OH is 3. The number of rotatable bonds is 9. The fourth-order valence-electron chi connectivity index (χ4n) is 2.95. The van der Waals surface area contributed by atoms with E-state index in [0.717, 1.165) is 6.20 Å². The molecule has 0 radical (unpaired) electrons. The molecule has 1 aromatic rings. The summed E-state index contributed by atoms with van der Waals surface area (Å²) in [4.78, 5) is 40.0. The summed E-state index contributed by atoms with van der Waals surface area (Å²) in [5.74, 6) is -2.39. The van der Waals surface area contributed by atoms with Crippen molar-refractivity contribution in [3.8, 4) is 0 Å². The number of nitrogens with zero attached hydrogens (tertiary/aromatic N) is 2. The Kier molecular flexibility index (Phi) is 10.5. The van der Waals surface area contributed by atoms with Gasteiger partial charge in [-0.1, -0.05) is 0 Å². The van der Waals surface area contributed by atoms with Gasteiger partial charge in [0.05, 0.1) is 45.7 Å². The Labute approximate surface area is 189 Å². The number of aromatic nitrogens is 1. The maximum absolute atomic E-state index is 10.8. The fraction of sp³-hybridized carbons (Fsp3) is 0.611. The lowest BCUT2D eigenvalue weighted by atomic mass is 10.1. The fourth-order valence-corrected chi connectivity index (χ4v) is 3.29. The number of aliphatic hydroxyl groups is 3. The Morgan fingerprint density at radius 2 is 1.91 bits per heavy atom. The van der Waals surface area contributed by atoms with Crippen LogP contribution >= 0.6 is 7.82 Å². The molecule has 1 aliphatic heterocycles. The van der Waals surface area contributed by atoms with Gasteiger partial charge in [0.15, 0.2) is 18.5 Å². The number of phosphoric acid groups is 1. The number of pyridine rings is 1. The molecule has 1 saturated heterocycles. The summed E-state index contributed by atoms with van der Waals surface area (Å²) < 4.78 is 21.7. The summed E-state index contributed by atoms with van der Waals surface area (Å²) in [5.41, 5.74) is -0.174. The van der Waals surface area contributed by atoms with E-state index in [1.165, 1.54) is 22.9 Å². The van der Waals surface area contributed by atoms with Crippen LogP contribution in [0.15, 0.2) is 24.5 Å². The number of hydrogen-bond donors (Lipinski definition) is 5. The molecule has 1 aromatic heterocycles. The van der Waals surface area contributed by atoms with Gasteiger partial charge in [0.2, 0.25) is 0 Å². The van der Waals surface area contributed by atoms with E-state index in [9.17, 15) is 34.4 Å². The molecule has 2 rings (SSSR count). The number of carbonyl (C=O) groups is 2. The molecule has 1 aliphatic rings. The number of aliphatic carboxylic acids is 1. The molecule has 0 aliphatic carbocycles. The van der Waals surface area contributed by atoms with Crippen LogP contribution in [0.1, 0.15) is 23.0 Å². The van der Waals surface area contributed by atoms with Crippen molar-refractivity contribution in [2.75, 3.05) is 34.3 Å². The molecule has 6 atom stereocenters. The third-order valence-corrected chi connectivity index (χ3v) is 4.73. The van der Waals surface area contributed by atoms with Crippen molar-refractivity contribution in [3.05, 3.63) is 30.1 Å². The Balaban J connectivity index is 0.000000420. The third kappa shape index (κ3) is 10.6. The number of carbonyl (C=O) groups excluding carboxylic acids is 1. The standard InChI is InChI=1S/C11H14NO9P.C7H15NO3/c13-8-7(5-20-22(17,18)19)21-10(9(8)14)12-3-1-2-6(4-12)11(15)16;1-8(2,3)5-6(9)4-7(10)11/h1-4,7-10,13-14H,5H2,(H2-,15,16,17,18,19);6,9H,4-5H2,1-3H3/t7-,8-,9-,10-;6-/m11/s1. The van der Waals surface area contributed by atoms with E-state index in [-0.39, 0.29) is 12.0 Å². The largest absolute Gasteiger partial charge is 0.756 e. The minimum absolute atomic E-state index is 0.171. The highest BCUT2D eigenvalue weighted by molar-refractivity contribution is 7.44. The zero-order valence-corrected chi connectivity index (χ0v) is 19.1. The van der Waals surface area contributed by atoms with Crippen LogP contribution in [0, 0.1) is 0 Å². The lowest BCUT2D eigenvalue weighted by Crippen LogP contribution is -2.46. The average molecular weight is 496 g/mol. The molecule has 188 valence electrons. The van der Waals surface area contributed by atoms with Gasteiger partial charge in [-0.15, -0.1) is 0 Å². The quantitative estimate of drug-likeness (QED) is 0.125. The van der Waals surface area contributed by atoms with Crippen molar-refractivity contribution in [1.82, 2.24) is 0 Å². The molecule has 1 unspecified atom stereocenters. The highest BCUT2D eigenvalue weighted by Crippen LogP contribution is 2.33. The number of phosphoric ester groups is 1. The molecule has 0 spiro atoms. The maximum atomic E-state index is 10.8. The number of likely N-dealkylation sites (N-methyl/N-ethyl adjacent to an activating group) is 1. The molecule has 2 heterocycles. The molecule has 14 nitrogen and oxygen atoms in total. The first-order valence-corrected chi connectivity index (χ1v) is 11.1. The summed E-state index contributed by atoms with van der Waals surface area (Å²) in [6.07, 6.45) is -3.73. The predicted molar refractivity (Wildman–Crippen MR) is 104 cm³/mol. The summed E-state index contributed by atoms with van der Waals surface area (Å²) in [7, 11) is 0.731. The minimum atomic E-state index is -4.99. The summed E-state index contributed by atoms with van der Waals surface area (Å²) in [6.45, 7) is -0.237. The number of aromatic carboxylic acids is 1. The SMILES string of the molecule is C[N+](C)(C)C[C@H](O)CC(=O)O.O=C([O-])c1ccc[n+]([C@@H]2O[C@H](COP(=O)([O-])O)[C@@H](O)[C@H]2O)c1. The lowest BCUT2D eigenvalue weighted by molar-refractivity contribution is -0.873. The van der Waals surface area contributed by atoms with Gasteiger partial charge in [0, 0.05) is 6.07 Å². The predicted octanol–water partition coefficient (Wildman–Crippen LogP) is -4.04. The second-order valence-corrected chi connectivity index (χ2v) is 9.56. The minimum Gasteiger partial charge on any atom is -0.756 e. The van der Waals surface area contributed by atoms with Gasteiger partial charge in [0.25, 0.3) is 14.1 Å². The highest BCUT2D eigenvalue weighted by atomic mass is 31.2. The van der Waals surface area contributed by atoms with Gasteiger partial charge in [-0.05, 0) is 6.07 Å². The molecule has 0 saturated carbocycles. The van der Waals surface area contributed by atoms with Crippen LogP contribution in [0.3, 0.4) is 0 Å². The van der Waals surface area contributed by atoms with Crippen LogP contribution in [0.25, 0.3) is 0 Å². The van der Waals surface area contributed by atoms with Crippen LogP contribution < -0.4 is 14.6 Å². The molecule has 5 N–H and O–H groups in total. The zero-order chi connectivity index (χ0) is 25.6. The number of ether oxygens (including phenoxy) is 1. The normalized spacial score (nSPS) is 25.5. The van der Waals surface area contributed by atoms with Gasteiger partial charge in [-0.2, -0.15) is 4.57 Å². The van der Waals surface area contributed by atoms with Gasteiger partial charge < -0.3 is 53.9 Å². The highest BCUT2D eigenvalue weighted by Gasteiger charge is 2.48. The smallest absolute Gasteiger partial charge is 0.306 e. The Morgan fingerprint density at radius 1 is 1.30 bits per heavy atom. The van der Waals surface area contributed by atoms with Gasteiger partial charge in [-0.25, -0.2) is 0 Å². The van der Waals surface area contributed by atoms with Crippen LogP contribution in [0.4, 0.5) is 0 Å². The maximum Gasteiger partial charge on any atom is 0.306 e. The summed E-state index contributed by atoms with van der Waals surface area (Å²) in [6, 6.07) is 2.64. The number of carboxylic acids is 2. The van der Waals surface area contributed by atoms with Crippen LogP contribution in [-0.2, 0) is 18.6 Å². The van der Waals surface area contributed by atoms with Gasteiger partial charge in [0.1, 0.15) is 24.9 Å². The second kappa shape index (κ2) is 11.9. The Morgan fingerprint density at radius 3 is 2.39 bits per heavy atom. The van der Waals surface area contributed by atoms with Crippen molar-refractivity contribution in [2.24, 2.45) is 0 Å². The molecule has 1 fully saturated rings. The van der Waals surface area contributed by atoms with Crippen molar-refractivity contribution in [3.63, 3.8) is 0 Å². The average Bonchev–Trinajstić information content (AvgIpc) is 2.92. The number of quaternary nitrogens is 1. The third-order valence-electron chi connectivity index (χ3n) is 4.26. The van der Waals surface area contributed by atoms with E-state index >= 15 is 0 Å². The van der Waals surface area contributed by atoms with E-state index in [1.54, 1.807) is 0 Å². The van der Waals surface area contributed by atoms with Crippen LogP contribution in [0.2, 0.25) is 0 Å². The Hall–Kier alpha value is -2.00. The monoisotopic (exact) mass is 496 g/mol. The van der Waals surface area contributed by atoms with E-state index in [4.69, 9.17) is 19.8 Å². The molecular formula is C18H29N2O12P. The number of carboxylic acid groups (broad SMARTS) is 2. The van der Waals surface area contributed by atoms with Crippen LogP contribution in [0.5, 0.6) is 0 Å². The van der Waals surface area contributed by atoms with Crippen LogP contribution in [-0.4, -0.2) is 100 Å². The van der Waals surface area contributed by atoms with Crippen molar-refractivity contribution in [1.29, 1.82) is 0 Å². The Bertz CT molecular complexity index is 855. The molecule has 0 bridgehead atoms. The molecule has 33 heavy (non-hydrogen) atoms. The zero-order valence-electron chi connectivity index (χ0n) is 18.3. The molecular weight excluding hydrogens is 467 g/mol. The first-order valence-electron chi connectivity index (χ1n) is 9.62. The summed E-state index contributed by atoms with van der Waals surface area (Å²) in [5, 5.41) is 48.0. The topological polar surface area (TPSA) is 221 Å². The molecule has 15 heteroatoms. The van der Waals surface area contributed by atoms with Crippen molar-refractivity contribution < 1.29 is 67.8 Å². The van der Waals surface area contributed by atoms with Crippen molar-refractivity contribution >= 4 is 19.8 Å². The second-order valence-electron chi connectivity index (χ2n) is 8.36. The molecule has 0 aromatic carbocycles. The number of hydrogen-bond acceptors (Lipinski definition) is 10. The molecule has 0 amide bonds. The van der Waals surface area contributed by atoms with Gasteiger partial charge >= 0.3 is 5.97 Å². The van der Waals surface area contributed by atoms with Gasteiger partial charge in [-0.3, -0.25) is 9.36 Å². The van der Waals surface area contributed by atoms with E-state index in [0.29, 0.717) is 11.0 Å². The van der Waals surface area contributed by atoms with E-state index < -0.39 is 57.0 Å². The first-order chi connectivity index (χ1) is 15.0.